The molecular weight excluding hydrogens is 337 g/mol. The van der Waals surface area contributed by atoms with Gasteiger partial charge >= 0.3 is 5.97 Å². The van der Waals surface area contributed by atoms with E-state index in [9.17, 15) is 9.18 Å². The van der Waals surface area contributed by atoms with Crippen molar-refractivity contribution >= 4 is 39.4 Å². The number of rotatable bonds is 4. The average molecular weight is 350 g/mol. The highest BCUT2D eigenvalue weighted by Gasteiger charge is 2.06. The molecule has 0 heterocycles. The van der Waals surface area contributed by atoms with Crippen LogP contribution in [0.5, 0.6) is 0 Å². The zero-order chi connectivity index (χ0) is 15.4. The van der Waals surface area contributed by atoms with Crippen LogP contribution in [-0.4, -0.2) is 18.1 Å². The molecule has 0 aliphatic carbocycles. The van der Waals surface area contributed by atoms with Crippen molar-refractivity contribution in [2.75, 3.05) is 11.9 Å². The Morgan fingerprint density at radius 3 is 2.38 bits per heavy atom. The van der Waals surface area contributed by atoms with Gasteiger partial charge in [0.15, 0.2) is 0 Å². The molecule has 108 valence electrons. The zero-order valence-corrected chi connectivity index (χ0v) is 12.8. The number of carbonyl (C=O) groups is 1. The highest BCUT2D eigenvalue weighted by Crippen LogP contribution is 2.29. The van der Waals surface area contributed by atoms with Crippen LogP contribution in [0.25, 0.3) is 6.08 Å². The van der Waals surface area contributed by atoms with E-state index in [0.29, 0.717) is 0 Å². The Labute approximate surface area is 130 Å². The van der Waals surface area contributed by atoms with Crippen LogP contribution in [-0.2, 0) is 4.79 Å². The molecule has 0 atom stereocenters. The normalized spacial score (nSPS) is 10.8. The van der Waals surface area contributed by atoms with Crippen molar-refractivity contribution in [1.82, 2.24) is 0 Å². The summed E-state index contributed by atoms with van der Waals surface area (Å²) >= 11 is 3.42. The highest BCUT2D eigenvalue weighted by molar-refractivity contribution is 9.10. The lowest BCUT2D eigenvalue weighted by molar-refractivity contribution is -0.131. The lowest BCUT2D eigenvalue weighted by atomic mass is 10.1. The lowest BCUT2D eigenvalue weighted by Gasteiger charge is -2.20. The lowest BCUT2D eigenvalue weighted by Crippen LogP contribution is -2.09. The van der Waals surface area contributed by atoms with Crippen LogP contribution in [0.4, 0.5) is 15.8 Å². The van der Waals surface area contributed by atoms with E-state index in [0.717, 1.165) is 27.5 Å². The third-order valence-corrected chi connectivity index (χ3v) is 3.68. The molecule has 0 saturated carbocycles. The van der Waals surface area contributed by atoms with Crippen molar-refractivity contribution in [2.45, 2.75) is 0 Å². The number of nitrogens with zero attached hydrogens (tertiary/aromatic N) is 1. The maximum Gasteiger partial charge on any atom is 0.328 e. The second kappa shape index (κ2) is 6.54. The summed E-state index contributed by atoms with van der Waals surface area (Å²) < 4.78 is 13.7. The van der Waals surface area contributed by atoms with Gasteiger partial charge in [-0.05, 0) is 48.0 Å². The first-order valence-electron chi connectivity index (χ1n) is 6.17. The molecule has 2 aromatic carbocycles. The molecule has 0 amide bonds. The Hall–Kier alpha value is -2.14. The summed E-state index contributed by atoms with van der Waals surface area (Å²) in [6.45, 7) is 0. The Morgan fingerprint density at radius 1 is 1.19 bits per heavy atom. The van der Waals surface area contributed by atoms with Gasteiger partial charge in [-0.25, -0.2) is 9.18 Å². The fourth-order valence-corrected chi connectivity index (χ4v) is 2.33. The van der Waals surface area contributed by atoms with Crippen molar-refractivity contribution < 1.29 is 14.3 Å². The van der Waals surface area contributed by atoms with Gasteiger partial charge in [-0.3, -0.25) is 0 Å². The molecule has 0 aromatic heterocycles. The topological polar surface area (TPSA) is 40.5 Å². The first kappa shape index (κ1) is 15.3. The first-order valence-corrected chi connectivity index (χ1v) is 6.96. The number of carboxylic acids is 1. The van der Waals surface area contributed by atoms with Gasteiger partial charge < -0.3 is 10.0 Å². The fraction of sp³-hybridized carbons (Fsp3) is 0.0625. The molecule has 0 bridgehead atoms. The second-order valence-electron chi connectivity index (χ2n) is 4.41. The van der Waals surface area contributed by atoms with Crippen molar-refractivity contribution in [3.8, 4) is 0 Å². The van der Waals surface area contributed by atoms with E-state index in [1.807, 2.05) is 30.1 Å². The molecule has 0 radical (unpaired) electrons. The van der Waals surface area contributed by atoms with Gasteiger partial charge in [0.25, 0.3) is 0 Å². The van der Waals surface area contributed by atoms with Gasteiger partial charge in [-0.15, -0.1) is 0 Å². The van der Waals surface area contributed by atoms with Gasteiger partial charge in [-0.2, -0.15) is 0 Å². The summed E-state index contributed by atoms with van der Waals surface area (Å²) in [6.07, 6.45) is 2.61. The Balaban J connectivity index is 2.27. The monoisotopic (exact) mass is 349 g/mol. The summed E-state index contributed by atoms with van der Waals surface area (Å²) in [5.74, 6) is -1.27. The molecule has 21 heavy (non-hydrogen) atoms. The number of anilines is 2. The molecule has 2 rings (SSSR count). The number of carboxylic acid groups (broad SMARTS) is 1. The number of aliphatic carboxylic acids is 1. The molecular formula is C16H13BrFNO2. The van der Waals surface area contributed by atoms with Crippen LogP contribution in [0.1, 0.15) is 5.56 Å². The van der Waals surface area contributed by atoms with Crippen LogP contribution in [0, 0.1) is 5.82 Å². The largest absolute Gasteiger partial charge is 0.478 e. The van der Waals surface area contributed by atoms with Crippen molar-refractivity contribution in [3.05, 3.63) is 64.4 Å². The van der Waals surface area contributed by atoms with Crippen LogP contribution in [0.2, 0.25) is 0 Å². The zero-order valence-electron chi connectivity index (χ0n) is 11.3. The molecule has 2 aromatic rings. The van der Waals surface area contributed by atoms with Crippen LogP contribution in [0.3, 0.4) is 0 Å². The molecule has 3 nitrogen and oxygen atoms in total. The maximum atomic E-state index is 12.9. The minimum Gasteiger partial charge on any atom is -0.478 e. The third-order valence-electron chi connectivity index (χ3n) is 2.99. The summed E-state index contributed by atoms with van der Waals surface area (Å²) in [5.41, 5.74) is 2.53. The van der Waals surface area contributed by atoms with E-state index in [1.54, 1.807) is 12.1 Å². The smallest absolute Gasteiger partial charge is 0.328 e. The predicted octanol–water partition coefficient (Wildman–Crippen LogP) is 4.45. The average Bonchev–Trinajstić information content (AvgIpc) is 2.46. The highest BCUT2D eigenvalue weighted by atomic mass is 79.9. The number of benzene rings is 2. The van der Waals surface area contributed by atoms with Gasteiger partial charge in [0.2, 0.25) is 0 Å². The van der Waals surface area contributed by atoms with E-state index >= 15 is 0 Å². The van der Waals surface area contributed by atoms with Gasteiger partial charge in [0, 0.05) is 29.0 Å². The van der Waals surface area contributed by atoms with E-state index in [-0.39, 0.29) is 5.82 Å². The van der Waals surface area contributed by atoms with E-state index < -0.39 is 5.97 Å². The minimum atomic E-state index is -0.991. The fourth-order valence-electron chi connectivity index (χ4n) is 1.83. The molecule has 0 aliphatic rings. The summed E-state index contributed by atoms with van der Waals surface area (Å²) in [5, 5.41) is 8.64. The van der Waals surface area contributed by atoms with Crippen LogP contribution >= 0.6 is 15.9 Å². The van der Waals surface area contributed by atoms with Crippen LogP contribution in [0.15, 0.2) is 53.0 Å². The third kappa shape index (κ3) is 3.92. The molecule has 0 spiro atoms. The van der Waals surface area contributed by atoms with Crippen molar-refractivity contribution in [1.29, 1.82) is 0 Å². The van der Waals surface area contributed by atoms with Gasteiger partial charge in [0.1, 0.15) is 5.82 Å². The van der Waals surface area contributed by atoms with Crippen molar-refractivity contribution in [3.63, 3.8) is 0 Å². The molecule has 5 heteroatoms. The van der Waals surface area contributed by atoms with E-state index in [2.05, 4.69) is 15.9 Å². The Kier molecular flexibility index (Phi) is 4.75. The Bertz CT molecular complexity index is 683. The summed E-state index contributed by atoms with van der Waals surface area (Å²) in [4.78, 5) is 12.4. The second-order valence-corrected chi connectivity index (χ2v) is 5.27. The number of halogens is 2. The Morgan fingerprint density at radius 2 is 1.81 bits per heavy atom. The quantitative estimate of drug-likeness (QED) is 0.828. The van der Waals surface area contributed by atoms with Crippen LogP contribution < -0.4 is 4.90 Å². The summed E-state index contributed by atoms with van der Waals surface area (Å²) in [6, 6.07) is 11.8. The first-order chi connectivity index (χ1) is 9.97. The predicted molar refractivity (Wildman–Crippen MR) is 85.3 cm³/mol. The molecule has 0 aliphatic heterocycles. The SMILES string of the molecule is CN(c1ccc(F)cc1)c1ccc(/C=C/C(=O)O)c(Br)c1. The molecule has 0 fully saturated rings. The number of hydrogen-bond donors (Lipinski definition) is 1. The minimum absolute atomic E-state index is 0.275. The van der Waals surface area contributed by atoms with E-state index in [1.165, 1.54) is 18.2 Å². The molecule has 0 unspecified atom stereocenters. The van der Waals surface area contributed by atoms with Gasteiger partial charge in [0.05, 0.1) is 0 Å². The standard InChI is InChI=1S/C16H13BrFNO2/c1-19(13-7-4-12(18)5-8-13)14-6-2-11(15(17)10-14)3-9-16(20)21/h2-10H,1H3,(H,20,21)/b9-3+. The van der Waals surface area contributed by atoms with Crippen molar-refractivity contribution in [2.24, 2.45) is 0 Å². The van der Waals surface area contributed by atoms with E-state index in [4.69, 9.17) is 5.11 Å². The van der Waals surface area contributed by atoms with Gasteiger partial charge in [-0.1, -0.05) is 22.0 Å². The summed E-state index contributed by atoms with van der Waals surface area (Å²) in [7, 11) is 1.88. The maximum absolute atomic E-state index is 12.9. The number of hydrogen-bond acceptors (Lipinski definition) is 2. The molecule has 0 saturated heterocycles. The molecule has 1 N–H and O–H groups in total.